The van der Waals surface area contributed by atoms with Crippen molar-refractivity contribution in [2.24, 2.45) is 11.1 Å². The van der Waals surface area contributed by atoms with Gasteiger partial charge in [0, 0.05) is 29.3 Å². The minimum Gasteiger partial charge on any atom is -0.326 e. The van der Waals surface area contributed by atoms with Crippen LogP contribution in [0.25, 0.3) is 27.5 Å². The van der Waals surface area contributed by atoms with Crippen LogP contribution in [0, 0.1) is 16.7 Å². The lowest BCUT2D eigenvalue weighted by atomic mass is 9.68. The smallest absolute Gasteiger partial charge is 0.168 e. The van der Waals surface area contributed by atoms with Crippen LogP contribution in [0.15, 0.2) is 66.3 Å². The zero-order valence-electron chi connectivity index (χ0n) is 17.8. The molecule has 0 saturated heterocycles. The Morgan fingerprint density at radius 3 is 2.48 bits per heavy atom. The second-order valence-electron chi connectivity index (χ2n) is 9.07. The van der Waals surface area contributed by atoms with Gasteiger partial charge in [-0.3, -0.25) is 4.79 Å². The summed E-state index contributed by atoms with van der Waals surface area (Å²) in [6.07, 6.45) is 5.75. The largest absolute Gasteiger partial charge is 0.326 e. The molecule has 31 heavy (non-hydrogen) atoms. The van der Waals surface area contributed by atoms with Crippen LogP contribution in [0.1, 0.15) is 53.7 Å². The molecule has 3 nitrogen and oxygen atoms in total. The number of hydrogen-bond donors (Lipinski definition) is 1. The number of carbonyl (C=O) groups excluding carboxylic acids is 1. The van der Waals surface area contributed by atoms with E-state index in [1.807, 2.05) is 48.5 Å². The topological polar surface area (TPSA) is 66.9 Å². The summed E-state index contributed by atoms with van der Waals surface area (Å²) in [5, 5.41) is 11.4. The average Bonchev–Trinajstić information content (AvgIpc) is 2.78. The second kappa shape index (κ2) is 7.04. The fraction of sp³-hybridized carbons (Fsp3) is 0.214. The number of allylic oxidation sites excluding steroid dienone is 4. The molecule has 0 spiro atoms. The molecular weight excluding hydrogens is 380 g/mol. The molecule has 0 aliphatic heterocycles. The molecule has 152 valence electrons. The minimum absolute atomic E-state index is 0.0260. The fourth-order valence-corrected chi connectivity index (χ4v) is 5.01. The molecule has 0 bridgehead atoms. The number of nitrogens with two attached hydrogens (primary N) is 1. The summed E-state index contributed by atoms with van der Waals surface area (Å²) in [6, 6.07) is 18.3. The summed E-state index contributed by atoms with van der Waals surface area (Å²) in [7, 11) is 0. The van der Waals surface area contributed by atoms with Crippen molar-refractivity contribution >= 4 is 22.1 Å². The van der Waals surface area contributed by atoms with Crippen molar-refractivity contribution in [1.29, 1.82) is 5.26 Å². The number of rotatable bonds is 2. The lowest BCUT2D eigenvalue weighted by molar-refractivity contribution is 0.0985. The number of fused-ring (bicyclic) bond motifs is 4. The Kier molecular flexibility index (Phi) is 4.43. The van der Waals surface area contributed by atoms with Gasteiger partial charge in [-0.05, 0) is 51.3 Å². The van der Waals surface area contributed by atoms with Gasteiger partial charge in [-0.2, -0.15) is 5.26 Å². The Morgan fingerprint density at radius 1 is 1.03 bits per heavy atom. The zero-order valence-corrected chi connectivity index (χ0v) is 17.8. The third kappa shape index (κ3) is 2.95. The first-order valence-corrected chi connectivity index (χ1v) is 10.7. The van der Waals surface area contributed by atoms with Crippen molar-refractivity contribution in [3.05, 3.63) is 88.5 Å². The van der Waals surface area contributed by atoms with Crippen LogP contribution in [0.5, 0.6) is 0 Å². The molecule has 5 rings (SSSR count). The van der Waals surface area contributed by atoms with Crippen molar-refractivity contribution < 1.29 is 4.79 Å². The summed E-state index contributed by atoms with van der Waals surface area (Å²) < 4.78 is 0. The molecule has 0 atom stereocenters. The maximum Gasteiger partial charge on any atom is 0.168 e. The Morgan fingerprint density at radius 2 is 1.77 bits per heavy atom. The standard InChI is InChI=1S/C28H24N2O/c1-28(2)13-3-4-22-23-12-11-21-19(16-30)9-10-20(18-7-5-17(15-29)6-8-18)26(21)27(23)25(31)14-24(22)28/h3-12H,13-15,29H2,1-2H3. The summed E-state index contributed by atoms with van der Waals surface area (Å²) in [4.78, 5) is 13.6. The number of nitriles is 1. The quantitative estimate of drug-likeness (QED) is 0.556. The Labute approximate surface area is 182 Å². The molecule has 2 aliphatic rings. The van der Waals surface area contributed by atoms with Gasteiger partial charge < -0.3 is 5.73 Å². The van der Waals surface area contributed by atoms with E-state index < -0.39 is 0 Å². The fourth-order valence-electron chi connectivity index (χ4n) is 5.01. The van der Waals surface area contributed by atoms with Crippen LogP contribution in [-0.4, -0.2) is 5.78 Å². The third-order valence-electron chi connectivity index (χ3n) is 6.76. The number of carbonyl (C=O) groups is 1. The highest BCUT2D eigenvalue weighted by Crippen LogP contribution is 2.48. The van der Waals surface area contributed by atoms with Crippen LogP contribution in [0.2, 0.25) is 0 Å². The Hall–Kier alpha value is -3.48. The number of Topliss-reactive ketones (excluding diaryl/α,β-unsaturated/α-hetero) is 1. The van der Waals surface area contributed by atoms with E-state index in [4.69, 9.17) is 5.73 Å². The van der Waals surface area contributed by atoms with E-state index in [2.05, 4.69) is 32.1 Å². The number of ketones is 1. The third-order valence-corrected chi connectivity index (χ3v) is 6.76. The van der Waals surface area contributed by atoms with Crippen LogP contribution in [-0.2, 0) is 6.54 Å². The molecule has 2 aliphatic carbocycles. The number of nitrogens with zero attached hydrogens (tertiary/aromatic N) is 1. The van der Waals surface area contributed by atoms with Gasteiger partial charge >= 0.3 is 0 Å². The highest BCUT2D eigenvalue weighted by atomic mass is 16.1. The van der Waals surface area contributed by atoms with Crippen LogP contribution in [0.4, 0.5) is 0 Å². The molecule has 2 N–H and O–H groups in total. The van der Waals surface area contributed by atoms with Crippen molar-refractivity contribution in [2.45, 2.75) is 33.2 Å². The van der Waals surface area contributed by atoms with E-state index in [9.17, 15) is 10.1 Å². The number of benzene rings is 3. The molecule has 3 aromatic rings. The highest BCUT2D eigenvalue weighted by Gasteiger charge is 2.35. The van der Waals surface area contributed by atoms with E-state index in [0.29, 0.717) is 18.5 Å². The Balaban J connectivity index is 1.86. The van der Waals surface area contributed by atoms with Crippen molar-refractivity contribution in [3.63, 3.8) is 0 Å². The van der Waals surface area contributed by atoms with Crippen LogP contribution < -0.4 is 5.73 Å². The minimum atomic E-state index is -0.0260. The molecule has 0 heterocycles. The van der Waals surface area contributed by atoms with E-state index in [1.54, 1.807) is 0 Å². The molecule has 3 heteroatoms. The van der Waals surface area contributed by atoms with Crippen LogP contribution >= 0.6 is 0 Å². The first-order chi connectivity index (χ1) is 14.9. The monoisotopic (exact) mass is 404 g/mol. The molecule has 0 radical (unpaired) electrons. The molecule has 0 unspecified atom stereocenters. The highest BCUT2D eigenvalue weighted by molar-refractivity contribution is 6.20. The van der Waals surface area contributed by atoms with E-state index >= 15 is 0 Å². The molecule has 0 saturated carbocycles. The summed E-state index contributed by atoms with van der Waals surface area (Å²) >= 11 is 0. The van der Waals surface area contributed by atoms with Gasteiger partial charge in [0.05, 0.1) is 11.6 Å². The van der Waals surface area contributed by atoms with Gasteiger partial charge in [0.2, 0.25) is 0 Å². The van der Waals surface area contributed by atoms with Gasteiger partial charge in [0.25, 0.3) is 0 Å². The molecule has 0 amide bonds. The molecule has 0 aromatic heterocycles. The summed E-state index contributed by atoms with van der Waals surface area (Å²) in [6.45, 7) is 4.91. The van der Waals surface area contributed by atoms with Crippen LogP contribution in [0.3, 0.4) is 0 Å². The SMILES string of the molecule is CC1(C)CC=CC2=C1CC(=O)c1c2ccc2c(C#N)ccc(-c3ccc(CN)cc3)c12. The first-order valence-electron chi connectivity index (χ1n) is 10.7. The lowest BCUT2D eigenvalue weighted by Gasteiger charge is -2.35. The van der Waals surface area contributed by atoms with Crippen molar-refractivity contribution in [2.75, 3.05) is 0 Å². The van der Waals surface area contributed by atoms with Gasteiger partial charge in [-0.1, -0.05) is 68.5 Å². The Bertz CT molecular complexity index is 1350. The van der Waals surface area contributed by atoms with Gasteiger partial charge in [-0.25, -0.2) is 0 Å². The molecule has 0 fully saturated rings. The molecule has 3 aromatic carbocycles. The summed E-state index contributed by atoms with van der Waals surface area (Å²) in [5.41, 5.74) is 13.5. The van der Waals surface area contributed by atoms with Gasteiger partial charge in [-0.15, -0.1) is 0 Å². The molecular formula is C28H24N2O. The predicted octanol–water partition coefficient (Wildman–Crippen LogP) is 6.16. The maximum absolute atomic E-state index is 13.6. The van der Waals surface area contributed by atoms with Gasteiger partial charge in [0.15, 0.2) is 5.78 Å². The normalized spacial score (nSPS) is 16.8. The van der Waals surface area contributed by atoms with Crippen molar-refractivity contribution in [1.82, 2.24) is 0 Å². The predicted molar refractivity (Wildman–Crippen MR) is 125 cm³/mol. The average molecular weight is 405 g/mol. The second-order valence-corrected chi connectivity index (χ2v) is 9.07. The van der Waals surface area contributed by atoms with E-state index in [1.165, 1.54) is 11.1 Å². The first kappa shape index (κ1) is 19.5. The van der Waals surface area contributed by atoms with Gasteiger partial charge in [0.1, 0.15) is 0 Å². The number of hydrogen-bond acceptors (Lipinski definition) is 3. The zero-order chi connectivity index (χ0) is 21.8. The summed E-state index contributed by atoms with van der Waals surface area (Å²) in [5.74, 6) is 0.137. The maximum atomic E-state index is 13.6. The lowest BCUT2D eigenvalue weighted by Crippen LogP contribution is -2.24. The van der Waals surface area contributed by atoms with Crippen molar-refractivity contribution in [3.8, 4) is 17.2 Å². The van der Waals surface area contributed by atoms with E-state index in [-0.39, 0.29) is 11.2 Å². The van der Waals surface area contributed by atoms with E-state index in [0.717, 1.165) is 45.0 Å².